The first-order valence-electron chi connectivity index (χ1n) is 17.3. The summed E-state index contributed by atoms with van der Waals surface area (Å²) in [6.45, 7) is 4.29. The number of aromatic nitrogens is 2. The first-order valence-corrected chi connectivity index (χ1v) is 17.7. The van der Waals surface area contributed by atoms with Gasteiger partial charge in [0.05, 0.1) is 49.7 Å². The van der Waals surface area contributed by atoms with Crippen molar-refractivity contribution in [3.8, 4) is 39.9 Å². The van der Waals surface area contributed by atoms with Gasteiger partial charge in [-0.2, -0.15) is 0 Å². The molecule has 0 atom stereocenters. The van der Waals surface area contributed by atoms with Crippen LogP contribution in [0.25, 0.3) is 22.0 Å². The number of ether oxygens (including phenoxy) is 5. The minimum absolute atomic E-state index is 0.0158. The van der Waals surface area contributed by atoms with Crippen molar-refractivity contribution in [2.45, 2.75) is 32.9 Å². The molecule has 0 saturated heterocycles. The first-order chi connectivity index (χ1) is 25.9. The van der Waals surface area contributed by atoms with Crippen molar-refractivity contribution in [3.05, 3.63) is 125 Å². The predicted octanol–water partition coefficient (Wildman–Crippen LogP) is 9.69. The highest BCUT2D eigenvalue weighted by molar-refractivity contribution is 6.31. The number of hydrogen-bond donors (Lipinski definition) is 2. The summed E-state index contributed by atoms with van der Waals surface area (Å²) in [6.07, 6.45) is 3.04. The van der Waals surface area contributed by atoms with Gasteiger partial charge in [0, 0.05) is 30.1 Å². The van der Waals surface area contributed by atoms with E-state index < -0.39 is 5.82 Å². The van der Waals surface area contributed by atoms with Crippen LogP contribution in [0.4, 0.5) is 15.9 Å². The first kappa shape index (κ1) is 37.2. The lowest BCUT2D eigenvalue weighted by Gasteiger charge is -2.17. The molecule has 0 aliphatic carbocycles. The van der Waals surface area contributed by atoms with Crippen LogP contribution in [0.1, 0.15) is 29.5 Å². The molecule has 1 heterocycles. The molecule has 6 rings (SSSR count). The van der Waals surface area contributed by atoms with Crippen LogP contribution in [0, 0.1) is 12.7 Å². The van der Waals surface area contributed by atoms with Crippen molar-refractivity contribution in [1.29, 1.82) is 0 Å². The monoisotopic (exact) mass is 736 g/mol. The maximum Gasteiger partial charge on any atom is 0.165 e. The molecule has 1 aromatic heterocycles. The van der Waals surface area contributed by atoms with Gasteiger partial charge in [0.1, 0.15) is 36.0 Å². The summed E-state index contributed by atoms with van der Waals surface area (Å²) >= 11 is 5.98. The topological polar surface area (TPSA) is 96.0 Å². The fourth-order valence-electron chi connectivity index (χ4n) is 6.06. The van der Waals surface area contributed by atoms with Crippen molar-refractivity contribution >= 4 is 34.0 Å². The number of fused-ring (bicyclic) bond motifs is 1. The Morgan fingerprint density at radius 2 is 1.51 bits per heavy atom. The lowest BCUT2D eigenvalue weighted by Crippen LogP contribution is -2.17. The van der Waals surface area contributed by atoms with E-state index in [9.17, 15) is 4.39 Å². The highest BCUT2D eigenvalue weighted by Gasteiger charge is 2.16. The molecule has 0 fully saturated rings. The highest BCUT2D eigenvalue weighted by Crippen LogP contribution is 2.37. The van der Waals surface area contributed by atoms with Gasteiger partial charge in [0.25, 0.3) is 0 Å². The zero-order valence-electron chi connectivity index (χ0n) is 30.2. The molecule has 53 heavy (non-hydrogen) atoms. The minimum Gasteiger partial charge on any atom is -0.496 e. The Bertz CT molecular complexity index is 2140. The van der Waals surface area contributed by atoms with E-state index in [0.29, 0.717) is 65.2 Å². The minimum atomic E-state index is -0.561. The smallest absolute Gasteiger partial charge is 0.165 e. The van der Waals surface area contributed by atoms with Crippen molar-refractivity contribution in [2.75, 3.05) is 39.8 Å². The molecule has 274 valence electrons. The number of rotatable bonds is 17. The average molecular weight is 737 g/mol. The fourth-order valence-corrected chi connectivity index (χ4v) is 6.23. The highest BCUT2D eigenvalue weighted by atomic mass is 35.5. The second-order valence-electron chi connectivity index (χ2n) is 12.3. The Balaban J connectivity index is 1.03. The van der Waals surface area contributed by atoms with Crippen molar-refractivity contribution in [1.82, 2.24) is 15.3 Å². The van der Waals surface area contributed by atoms with Gasteiger partial charge >= 0.3 is 0 Å². The number of hydrogen-bond acceptors (Lipinski definition) is 9. The number of benzene rings is 5. The van der Waals surface area contributed by atoms with E-state index in [2.05, 4.69) is 57.9 Å². The summed E-state index contributed by atoms with van der Waals surface area (Å²) in [5, 5.41) is 7.19. The Morgan fingerprint density at radius 3 is 2.26 bits per heavy atom. The zero-order valence-corrected chi connectivity index (χ0v) is 30.9. The predicted molar refractivity (Wildman–Crippen MR) is 208 cm³/mol. The van der Waals surface area contributed by atoms with Crippen molar-refractivity contribution < 1.29 is 28.1 Å². The number of methoxy groups -OCH3 is 3. The fraction of sp³-hybridized carbons (Fsp3) is 0.238. The zero-order chi connectivity index (χ0) is 37.2. The Kier molecular flexibility index (Phi) is 12.5. The number of nitrogens with zero attached hydrogens (tertiary/aromatic N) is 2. The van der Waals surface area contributed by atoms with Crippen LogP contribution in [-0.2, 0) is 13.2 Å². The van der Waals surface area contributed by atoms with Crippen LogP contribution < -0.4 is 34.3 Å². The molecule has 2 N–H and O–H groups in total. The Labute approximate surface area is 314 Å². The molecule has 9 nitrogen and oxygen atoms in total. The summed E-state index contributed by atoms with van der Waals surface area (Å²) in [7, 11) is 4.87. The number of unbranched alkanes of at least 4 members (excludes halogenated alkanes) is 1. The third-order valence-electron chi connectivity index (χ3n) is 8.94. The second kappa shape index (κ2) is 17.8. The van der Waals surface area contributed by atoms with Gasteiger partial charge in [0.15, 0.2) is 17.3 Å². The third kappa shape index (κ3) is 8.90. The largest absolute Gasteiger partial charge is 0.496 e. The van der Waals surface area contributed by atoms with E-state index in [0.717, 1.165) is 30.5 Å². The molecule has 0 unspecified atom stereocenters. The lowest BCUT2D eigenvalue weighted by atomic mass is 9.97. The van der Waals surface area contributed by atoms with Crippen LogP contribution in [0.3, 0.4) is 0 Å². The maximum absolute atomic E-state index is 14.6. The summed E-state index contributed by atoms with van der Waals surface area (Å²) in [6, 6.07) is 28.8. The van der Waals surface area contributed by atoms with Crippen molar-refractivity contribution in [3.63, 3.8) is 0 Å². The van der Waals surface area contributed by atoms with Gasteiger partial charge in [-0.05, 0) is 66.8 Å². The molecule has 11 heteroatoms. The molecule has 0 aliphatic rings. The van der Waals surface area contributed by atoms with Gasteiger partial charge in [-0.15, -0.1) is 0 Å². The van der Waals surface area contributed by atoms with Crippen LogP contribution in [-0.4, -0.2) is 44.4 Å². The summed E-state index contributed by atoms with van der Waals surface area (Å²) in [4.78, 5) is 8.69. The molecule has 0 bridgehead atoms. The maximum atomic E-state index is 14.6. The summed E-state index contributed by atoms with van der Waals surface area (Å²) < 4.78 is 44.1. The molecular formula is C42H42ClFN4O5. The SMILES string of the molecule is COc1cc2ncnc(Nc3cccc(Cl)c3F)c2cc1OCCCCNCc1c(OC)cc(OCc2cccc(-c3ccccc3)c2C)cc1OC. The van der Waals surface area contributed by atoms with Crippen LogP contribution >= 0.6 is 11.6 Å². The standard InChI is InChI=1S/C42H42ClFN4O5/c1-27-29(14-10-15-31(27)28-12-6-5-7-13-28)25-53-30-20-37(49-2)33(38(21-30)50-3)24-45-18-8-9-19-52-40-22-32-36(23-39(40)51-4)46-26-47-42(32)48-35-17-11-16-34(43)41(35)44/h5-7,10-17,20-23,26,45H,8-9,18-19,24-25H2,1-4H3,(H,46,47,48). The molecule has 0 radical (unpaired) electrons. The third-order valence-corrected chi connectivity index (χ3v) is 9.23. The van der Waals surface area contributed by atoms with Gasteiger partial charge in [0.2, 0.25) is 0 Å². The molecule has 5 aromatic carbocycles. The summed E-state index contributed by atoms with van der Waals surface area (Å²) in [5.41, 5.74) is 6.40. The molecule has 0 amide bonds. The van der Waals surface area contributed by atoms with Crippen LogP contribution in [0.15, 0.2) is 97.3 Å². The second-order valence-corrected chi connectivity index (χ2v) is 12.7. The Hall–Kier alpha value is -5.58. The van der Waals surface area contributed by atoms with E-state index in [-0.39, 0.29) is 10.7 Å². The quantitative estimate of drug-likeness (QED) is 0.0888. The van der Waals surface area contributed by atoms with Crippen molar-refractivity contribution in [2.24, 2.45) is 0 Å². The van der Waals surface area contributed by atoms with Gasteiger partial charge in [-0.25, -0.2) is 14.4 Å². The number of anilines is 2. The van der Waals surface area contributed by atoms with E-state index in [4.69, 9.17) is 35.3 Å². The van der Waals surface area contributed by atoms with Crippen LogP contribution in [0.5, 0.6) is 28.7 Å². The Morgan fingerprint density at radius 1 is 0.755 bits per heavy atom. The van der Waals surface area contributed by atoms with E-state index in [1.54, 1.807) is 45.6 Å². The summed E-state index contributed by atoms with van der Waals surface area (Å²) in [5.74, 6) is 2.97. The van der Waals surface area contributed by atoms with Gasteiger partial charge in [-0.3, -0.25) is 0 Å². The normalized spacial score (nSPS) is 11.0. The van der Waals surface area contributed by atoms with Gasteiger partial charge in [-0.1, -0.05) is 66.2 Å². The van der Waals surface area contributed by atoms with Gasteiger partial charge < -0.3 is 34.3 Å². The molecule has 0 saturated carbocycles. The molecule has 6 aromatic rings. The van der Waals surface area contributed by atoms with E-state index >= 15 is 0 Å². The average Bonchev–Trinajstić information content (AvgIpc) is 3.19. The number of nitrogens with one attached hydrogen (secondary N) is 2. The molecular weight excluding hydrogens is 695 g/mol. The van der Waals surface area contributed by atoms with E-state index in [1.807, 2.05) is 30.3 Å². The molecule has 0 spiro atoms. The lowest BCUT2D eigenvalue weighted by molar-refractivity contribution is 0.286. The van der Waals surface area contributed by atoms with Crippen LogP contribution in [0.2, 0.25) is 5.02 Å². The number of halogens is 2. The van der Waals surface area contributed by atoms with E-state index in [1.165, 1.54) is 29.1 Å². The molecule has 0 aliphatic heterocycles.